The van der Waals surface area contributed by atoms with Crippen molar-refractivity contribution in [3.63, 3.8) is 0 Å². The lowest BCUT2D eigenvalue weighted by Gasteiger charge is -2.33. The molecule has 1 aliphatic rings. The molecular weight excluding hydrogens is 226 g/mol. The Kier molecular flexibility index (Phi) is 4.81. The maximum atomic E-state index is 5.77. The number of ether oxygens (including phenoxy) is 1. The number of hydrogen-bond donors (Lipinski definition) is 1. The summed E-state index contributed by atoms with van der Waals surface area (Å²) in [4.78, 5) is 6.82. The molecule has 0 amide bonds. The van der Waals surface area contributed by atoms with Crippen molar-refractivity contribution in [1.29, 1.82) is 0 Å². The summed E-state index contributed by atoms with van der Waals surface area (Å²) in [5.74, 6) is 1.92. The van der Waals surface area contributed by atoms with Crippen LogP contribution in [0, 0.1) is 0 Å². The molecular formula is C14H23N3O. The number of piperidine rings is 1. The van der Waals surface area contributed by atoms with E-state index in [1.165, 1.54) is 12.8 Å². The lowest BCUT2D eigenvalue weighted by atomic mass is 10.1. The molecule has 0 bridgehead atoms. The van der Waals surface area contributed by atoms with Gasteiger partial charge >= 0.3 is 0 Å². The Balaban J connectivity index is 2.03. The molecule has 0 radical (unpaired) electrons. The largest absolute Gasteiger partial charge is 0.490 e. The molecule has 0 spiro atoms. The molecule has 18 heavy (non-hydrogen) atoms. The minimum atomic E-state index is 0.643. The predicted molar refractivity (Wildman–Crippen MR) is 74.3 cm³/mol. The van der Waals surface area contributed by atoms with Gasteiger partial charge in [0.15, 0.2) is 11.6 Å². The standard InChI is InChI=1S/C14H23N3O/c1-3-11-18-13-5-4-8-16-14(13)17-9-6-12(15-2)7-10-17/h4-5,8,12,15H,3,6-7,9-11H2,1-2H3. The third-order valence-corrected chi connectivity index (χ3v) is 3.42. The van der Waals surface area contributed by atoms with E-state index in [1.807, 2.05) is 25.4 Å². The molecule has 0 atom stereocenters. The van der Waals surface area contributed by atoms with Gasteiger partial charge in [-0.05, 0) is 38.4 Å². The van der Waals surface area contributed by atoms with Crippen molar-refractivity contribution in [2.75, 3.05) is 31.6 Å². The van der Waals surface area contributed by atoms with Crippen molar-refractivity contribution in [3.8, 4) is 5.75 Å². The summed E-state index contributed by atoms with van der Waals surface area (Å²) in [7, 11) is 2.04. The van der Waals surface area contributed by atoms with Crippen LogP contribution in [0.4, 0.5) is 5.82 Å². The molecule has 1 N–H and O–H groups in total. The van der Waals surface area contributed by atoms with Gasteiger partial charge in [-0.15, -0.1) is 0 Å². The average Bonchev–Trinajstić information content (AvgIpc) is 2.45. The second kappa shape index (κ2) is 6.59. The SMILES string of the molecule is CCCOc1cccnc1N1CCC(NC)CC1. The van der Waals surface area contributed by atoms with Gasteiger partial charge in [0, 0.05) is 25.3 Å². The van der Waals surface area contributed by atoms with Crippen LogP contribution in [0.5, 0.6) is 5.75 Å². The smallest absolute Gasteiger partial charge is 0.171 e. The summed E-state index contributed by atoms with van der Waals surface area (Å²) >= 11 is 0. The zero-order valence-corrected chi connectivity index (χ0v) is 11.4. The highest BCUT2D eigenvalue weighted by Gasteiger charge is 2.21. The van der Waals surface area contributed by atoms with E-state index in [-0.39, 0.29) is 0 Å². The first kappa shape index (κ1) is 13.1. The Morgan fingerprint density at radius 3 is 2.89 bits per heavy atom. The van der Waals surface area contributed by atoms with E-state index in [1.54, 1.807) is 0 Å². The number of rotatable bonds is 5. The van der Waals surface area contributed by atoms with E-state index in [2.05, 4.69) is 22.1 Å². The summed E-state index contributed by atoms with van der Waals surface area (Å²) in [5, 5.41) is 3.35. The van der Waals surface area contributed by atoms with Gasteiger partial charge in [-0.25, -0.2) is 4.98 Å². The first-order valence-corrected chi connectivity index (χ1v) is 6.85. The highest BCUT2D eigenvalue weighted by molar-refractivity contribution is 5.52. The molecule has 4 heteroatoms. The van der Waals surface area contributed by atoms with E-state index in [4.69, 9.17) is 4.74 Å². The molecule has 0 saturated carbocycles. The van der Waals surface area contributed by atoms with Gasteiger partial charge in [0.25, 0.3) is 0 Å². The monoisotopic (exact) mass is 249 g/mol. The highest BCUT2D eigenvalue weighted by atomic mass is 16.5. The molecule has 1 fully saturated rings. The van der Waals surface area contributed by atoms with Crippen LogP contribution in [0.1, 0.15) is 26.2 Å². The van der Waals surface area contributed by atoms with Gasteiger partial charge in [-0.1, -0.05) is 6.92 Å². The Bertz CT molecular complexity index is 362. The maximum Gasteiger partial charge on any atom is 0.171 e. The summed E-state index contributed by atoms with van der Waals surface area (Å²) in [6.07, 6.45) is 5.20. The zero-order chi connectivity index (χ0) is 12.8. The third-order valence-electron chi connectivity index (χ3n) is 3.42. The van der Waals surface area contributed by atoms with Crippen molar-refractivity contribution in [1.82, 2.24) is 10.3 Å². The van der Waals surface area contributed by atoms with Crippen LogP contribution >= 0.6 is 0 Å². The second-order valence-corrected chi connectivity index (χ2v) is 4.72. The first-order valence-electron chi connectivity index (χ1n) is 6.85. The molecule has 2 rings (SSSR count). The van der Waals surface area contributed by atoms with E-state index in [0.717, 1.165) is 37.7 Å². The Labute approximate surface area is 109 Å². The predicted octanol–water partition coefficient (Wildman–Crippen LogP) is 2.06. The van der Waals surface area contributed by atoms with Crippen LogP contribution in [0.3, 0.4) is 0 Å². The first-order chi connectivity index (χ1) is 8.85. The van der Waals surface area contributed by atoms with Gasteiger partial charge < -0.3 is 15.0 Å². The van der Waals surface area contributed by atoms with Gasteiger partial charge in [0.05, 0.1) is 6.61 Å². The van der Waals surface area contributed by atoms with Crippen LogP contribution in [-0.4, -0.2) is 37.8 Å². The third kappa shape index (κ3) is 3.13. The van der Waals surface area contributed by atoms with Crippen molar-refractivity contribution in [2.24, 2.45) is 0 Å². The second-order valence-electron chi connectivity index (χ2n) is 4.72. The summed E-state index contributed by atoms with van der Waals surface area (Å²) in [6, 6.07) is 4.60. The van der Waals surface area contributed by atoms with E-state index in [9.17, 15) is 0 Å². The molecule has 0 aromatic carbocycles. The van der Waals surface area contributed by atoms with Crippen LogP contribution in [0.2, 0.25) is 0 Å². The number of anilines is 1. The number of pyridine rings is 1. The summed E-state index contributed by atoms with van der Waals surface area (Å²) in [5.41, 5.74) is 0. The summed E-state index contributed by atoms with van der Waals surface area (Å²) in [6.45, 7) is 4.97. The molecule has 1 saturated heterocycles. The van der Waals surface area contributed by atoms with Crippen LogP contribution in [0.15, 0.2) is 18.3 Å². The molecule has 0 unspecified atom stereocenters. The molecule has 1 aromatic heterocycles. The number of hydrogen-bond acceptors (Lipinski definition) is 4. The van der Waals surface area contributed by atoms with Crippen LogP contribution < -0.4 is 15.0 Å². The quantitative estimate of drug-likeness (QED) is 0.866. The molecule has 100 valence electrons. The fourth-order valence-electron chi connectivity index (χ4n) is 2.32. The Hall–Kier alpha value is -1.29. The maximum absolute atomic E-state index is 5.77. The minimum absolute atomic E-state index is 0.643. The number of aromatic nitrogens is 1. The van der Waals surface area contributed by atoms with Crippen molar-refractivity contribution >= 4 is 5.82 Å². The Morgan fingerprint density at radius 1 is 1.44 bits per heavy atom. The topological polar surface area (TPSA) is 37.4 Å². The fraction of sp³-hybridized carbons (Fsp3) is 0.643. The molecule has 1 aromatic rings. The van der Waals surface area contributed by atoms with Gasteiger partial charge in [0.1, 0.15) is 0 Å². The summed E-state index contributed by atoms with van der Waals surface area (Å²) < 4.78 is 5.77. The molecule has 2 heterocycles. The normalized spacial score (nSPS) is 16.9. The van der Waals surface area contributed by atoms with Crippen molar-refractivity contribution in [2.45, 2.75) is 32.2 Å². The lowest BCUT2D eigenvalue weighted by Crippen LogP contribution is -2.41. The van der Waals surface area contributed by atoms with Gasteiger partial charge in [-0.2, -0.15) is 0 Å². The lowest BCUT2D eigenvalue weighted by molar-refractivity contribution is 0.315. The highest BCUT2D eigenvalue weighted by Crippen LogP contribution is 2.27. The zero-order valence-electron chi connectivity index (χ0n) is 11.4. The van der Waals surface area contributed by atoms with E-state index in [0.29, 0.717) is 6.04 Å². The van der Waals surface area contributed by atoms with E-state index < -0.39 is 0 Å². The number of nitrogens with zero attached hydrogens (tertiary/aromatic N) is 2. The Morgan fingerprint density at radius 2 is 2.22 bits per heavy atom. The van der Waals surface area contributed by atoms with Gasteiger partial charge in [0.2, 0.25) is 0 Å². The van der Waals surface area contributed by atoms with Gasteiger partial charge in [-0.3, -0.25) is 0 Å². The molecule has 4 nitrogen and oxygen atoms in total. The minimum Gasteiger partial charge on any atom is -0.490 e. The number of nitrogens with one attached hydrogen (secondary N) is 1. The average molecular weight is 249 g/mol. The van der Waals surface area contributed by atoms with Crippen LogP contribution in [-0.2, 0) is 0 Å². The fourth-order valence-corrected chi connectivity index (χ4v) is 2.32. The van der Waals surface area contributed by atoms with E-state index >= 15 is 0 Å². The van der Waals surface area contributed by atoms with Crippen molar-refractivity contribution in [3.05, 3.63) is 18.3 Å². The molecule has 0 aliphatic carbocycles. The van der Waals surface area contributed by atoms with Crippen LogP contribution in [0.25, 0.3) is 0 Å². The molecule has 1 aliphatic heterocycles. The van der Waals surface area contributed by atoms with Crippen molar-refractivity contribution < 1.29 is 4.74 Å².